The summed E-state index contributed by atoms with van der Waals surface area (Å²) in [5.41, 5.74) is 0.950. The molecule has 0 aromatic carbocycles. The standard InChI is InChI=1S/C15H26N2O3/c1-3-8-16-15-7-4-6-14(17-15)13-20-10-5-9-19-12-11-18-2/h4,6-7H,3,5,8-13H2,1-2H3,(H,16,17). The SMILES string of the molecule is CCCNc1cccc(COCCCOCCOC)n1. The van der Waals surface area contributed by atoms with Crippen LogP contribution in [0, 0.1) is 0 Å². The van der Waals surface area contributed by atoms with Gasteiger partial charge in [-0.1, -0.05) is 13.0 Å². The summed E-state index contributed by atoms with van der Waals surface area (Å²) in [6, 6.07) is 5.95. The van der Waals surface area contributed by atoms with Crippen molar-refractivity contribution in [2.24, 2.45) is 0 Å². The van der Waals surface area contributed by atoms with Crippen LogP contribution in [0.2, 0.25) is 0 Å². The second-order valence-corrected chi connectivity index (χ2v) is 4.45. The zero-order chi connectivity index (χ0) is 14.5. The molecule has 0 aliphatic heterocycles. The van der Waals surface area contributed by atoms with Crippen molar-refractivity contribution in [1.29, 1.82) is 0 Å². The summed E-state index contributed by atoms with van der Waals surface area (Å²) in [6.07, 6.45) is 1.98. The lowest BCUT2D eigenvalue weighted by molar-refractivity contribution is 0.0478. The Morgan fingerprint density at radius 1 is 1.10 bits per heavy atom. The van der Waals surface area contributed by atoms with Crippen molar-refractivity contribution in [3.8, 4) is 0 Å². The van der Waals surface area contributed by atoms with Crippen LogP contribution < -0.4 is 5.32 Å². The highest BCUT2D eigenvalue weighted by Crippen LogP contribution is 2.06. The summed E-state index contributed by atoms with van der Waals surface area (Å²) in [5, 5.41) is 3.27. The third-order valence-electron chi connectivity index (χ3n) is 2.62. The summed E-state index contributed by atoms with van der Waals surface area (Å²) in [4.78, 5) is 4.48. The van der Waals surface area contributed by atoms with Gasteiger partial charge in [-0.05, 0) is 25.0 Å². The van der Waals surface area contributed by atoms with Crippen LogP contribution in [0.3, 0.4) is 0 Å². The van der Waals surface area contributed by atoms with Gasteiger partial charge in [-0.2, -0.15) is 0 Å². The van der Waals surface area contributed by atoms with Crippen LogP contribution in [-0.4, -0.2) is 45.1 Å². The molecule has 1 aromatic rings. The molecule has 0 bridgehead atoms. The molecule has 0 unspecified atom stereocenters. The fourth-order valence-electron chi connectivity index (χ4n) is 1.60. The van der Waals surface area contributed by atoms with Crippen molar-refractivity contribution in [2.45, 2.75) is 26.4 Å². The van der Waals surface area contributed by atoms with E-state index in [0.29, 0.717) is 33.0 Å². The molecule has 5 heteroatoms. The molecule has 0 fully saturated rings. The summed E-state index contributed by atoms with van der Waals surface area (Å²) in [7, 11) is 1.67. The van der Waals surface area contributed by atoms with Gasteiger partial charge in [-0.25, -0.2) is 4.98 Å². The quantitative estimate of drug-likeness (QED) is 0.597. The van der Waals surface area contributed by atoms with E-state index < -0.39 is 0 Å². The predicted octanol–water partition coefficient (Wildman–Crippen LogP) is 2.47. The Morgan fingerprint density at radius 2 is 1.95 bits per heavy atom. The van der Waals surface area contributed by atoms with E-state index >= 15 is 0 Å². The summed E-state index contributed by atoms with van der Waals surface area (Å²) >= 11 is 0. The number of pyridine rings is 1. The van der Waals surface area contributed by atoms with E-state index in [0.717, 1.165) is 30.9 Å². The Hall–Kier alpha value is -1.17. The Labute approximate surface area is 121 Å². The summed E-state index contributed by atoms with van der Waals surface area (Å²) in [6.45, 7) is 6.28. The van der Waals surface area contributed by atoms with Crippen molar-refractivity contribution >= 4 is 5.82 Å². The normalized spacial score (nSPS) is 10.7. The third-order valence-corrected chi connectivity index (χ3v) is 2.62. The Kier molecular flexibility index (Phi) is 9.83. The maximum Gasteiger partial charge on any atom is 0.126 e. The van der Waals surface area contributed by atoms with Gasteiger partial charge in [-0.15, -0.1) is 0 Å². The first-order valence-corrected chi connectivity index (χ1v) is 7.21. The third kappa shape index (κ3) is 8.09. The highest BCUT2D eigenvalue weighted by Gasteiger charge is 1.98. The second kappa shape index (κ2) is 11.6. The molecule has 1 N–H and O–H groups in total. The number of nitrogens with zero attached hydrogens (tertiary/aromatic N) is 1. The second-order valence-electron chi connectivity index (χ2n) is 4.45. The molecule has 0 aliphatic carbocycles. The van der Waals surface area contributed by atoms with Gasteiger partial charge < -0.3 is 19.5 Å². The van der Waals surface area contributed by atoms with Gasteiger partial charge in [0.05, 0.1) is 25.5 Å². The molecule has 0 saturated carbocycles. The lowest BCUT2D eigenvalue weighted by Crippen LogP contribution is -2.07. The first-order chi connectivity index (χ1) is 9.86. The smallest absolute Gasteiger partial charge is 0.126 e. The van der Waals surface area contributed by atoms with E-state index in [1.54, 1.807) is 7.11 Å². The number of methoxy groups -OCH3 is 1. The Balaban J connectivity index is 2.09. The fraction of sp³-hybridized carbons (Fsp3) is 0.667. The predicted molar refractivity (Wildman–Crippen MR) is 80.0 cm³/mol. The molecule has 0 amide bonds. The molecule has 0 radical (unpaired) electrons. The molecule has 20 heavy (non-hydrogen) atoms. The molecule has 114 valence electrons. The first kappa shape index (κ1) is 16.9. The largest absolute Gasteiger partial charge is 0.382 e. The molecule has 1 aromatic heterocycles. The molecule has 0 spiro atoms. The first-order valence-electron chi connectivity index (χ1n) is 7.21. The Morgan fingerprint density at radius 3 is 2.75 bits per heavy atom. The Bertz CT molecular complexity index is 348. The van der Waals surface area contributed by atoms with Crippen molar-refractivity contribution in [3.05, 3.63) is 23.9 Å². The van der Waals surface area contributed by atoms with Crippen molar-refractivity contribution in [3.63, 3.8) is 0 Å². The molecule has 0 aliphatic rings. The summed E-state index contributed by atoms with van der Waals surface area (Å²) in [5.74, 6) is 0.913. The molecule has 0 atom stereocenters. The number of ether oxygens (including phenoxy) is 3. The van der Waals surface area contributed by atoms with E-state index in [9.17, 15) is 0 Å². The van der Waals surface area contributed by atoms with Crippen molar-refractivity contribution in [2.75, 3.05) is 45.4 Å². The minimum atomic E-state index is 0.541. The van der Waals surface area contributed by atoms with Gasteiger partial charge in [0.1, 0.15) is 5.82 Å². The molecule has 5 nitrogen and oxygen atoms in total. The molecule has 0 saturated heterocycles. The number of hydrogen-bond donors (Lipinski definition) is 1. The number of nitrogens with one attached hydrogen (secondary N) is 1. The van der Waals surface area contributed by atoms with Crippen LogP contribution >= 0.6 is 0 Å². The molecule has 1 rings (SSSR count). The van der Waals surface area contributed by atoms with Gasteiger partial charge in [0.25, 0.3) is 0 Å². The maximum atomic E-state index is 5.58. The zero-order valence-corrected chi connectivity index (χ0v) is 12.6. The van der Waals surface area contributed by atoms with Crippen LogP contribution in [0.5, 0.6) is 0 Å². The zero-order valence-electron chi connectivity index (χ0n) is 12.6. The molecular formula is C15H26N2O3. The van der Waals surface area contributed by atoms with Crippen molar-refractivity contribution in [1.82, 2.24) is 4.98 Å². The summed E-state index contributed by atoms with van der Waals surface area (Å²) < 4.78 is 15.8. The minimum Gasteiger partial charge on any atom is -0.382 e. The van der Waals surface area contributed by atoms with Gasteiger partial charge in [0, 0.05) is 26.9 Å². The lowest BCUT2D eigenvalue weighted by Gasteiger charge is -2.07. The molecule has 1 heterocycles. The van der Waals surface area contributed by atoms with Crippen LogP contribution in [0.1, 0.15) is 25.5 Å². The average Bonchev–Trinajstić information content (AvgIpc) is 2.48. The van der Waals surface area contributed by atoms with Gasteiger partial charge >= 0.3 is 0 Å². The number of hydrogen-bond acceptors (Lipinski definition) is 5. The van der Waals surface area contributed by atoms with E-state index in [4.69, 9.17) is 14.2 Å². The van der Waals surface area contributed by atoms with E-state index in [1.807, 2.05) is 18.2 Å². The monoisotopic (exact) mass is 282 g/mol. The van der Waals surface area contributed by atoms with Crippen LogP contribution in [-0.2, 0) is 20.8 Å². The van der Waals surface area contributed by atoms with Crippen LogP contribution in [0.15, 0.2) is 18.2 Å². The van der Waals surface area contributed by atoms with Crippen LogP contribution in [0.25, 0.3) is 0 Å². The van der Waals surface area contributed by atoms with Crippen LogP contribution in [0.4, 0.5) is 5.82 Å². The minimum absolute atomic E-state index is 0.541. The lowest BCUT2D eigenvalue weighted by atomic mass is 10.3. The van der Waals surface area contributed by atoms with Gasteiger partial charge in [-0.3, -0.25) is 0 Å². The fourth-order valence-corrected chi connectivity index (χ4v) is 1.60. The van der Waals surface area contributed by atoms with Crippen molar-refractivity contribution < 1.29 is 14.2 Å². The maximum absolute atomic E-state index is 5.58. The van der Waals surface area contributed by atoms with Gasteiger partial charge in [0.15, 0.2) is 0 Å². The van der Waals surface area contributed by atoms with E-state index in [1.165, 1.54) is 0 Å². The topological polar surface area (TPSA) is 52.6 Å². The van der Waals surface area contributed by atoms with E-state index in [2.05, 4.69) is 17.2 Å². The highest BCUT2D eigenvalue weighted by molar-refractivity contribution is 5.34. The van der Waals surface area contributed by atoms with E-state index in [-0.39, 0.29) is 0 Å². The number of anilines is 1. The van der Waals surface area contributed by atoms with Gasteiger partial charge in [0.2, 0.25) is 0 Å². The average molecular weight is 282 g/mol. The number of rotatable bonds is 12. The highest BCUT2D eigenvalue weighted by atomic mass is 16.5. The number of aromatic nitrogens is 1. The molecular weight excluding hydrogens is 256 g/mol.